The summed E-state index contributed by atoms with van der Waals surface area (Å²) in [6, 6.07) is 16.8. The summed E-state index contributed by atoms with van der Waals surface area (Å²) >= 11 is 5.92. The van der Waals surface area contributed by atoms with Gasteiger partial charge in [-0.25, -0.2) is 14.2 Å². The molecule has 0 saturated carbocycles. The standard InChI is InChI=1S/C20H14ClFN2O3/c21-18-16(7-4-12-23-18)20(26)27-17(13-5-2-1-3-6-13)19(25)24-15-10-8-14(22)9-11-15/h1-12,17H,(H,24,25)/t17-/m0/s1. The van der Waals surface area contributed by atoms with E-state index in [0.717, 1.165) is 0 Å². The molecule has 136 valence electrons. The summed E-state index contributed by atoms with van der Waals surface area (Å²) in [7, 11) is 0. The lowest BCUT2D eigenvalue weighted by atomic mass is 10.1. The number of nitrogens with one attached hydrogen (secondary N) is 1. The Bertz CT molecular complexity index is 949. The lowest BCUT2D eigenvalue weighted by Crippen LogP contribution is -2.26. The highest BCUT2D eigenvalue weighted by Gasteiger charge is 2.26. The first-order chi connectivity index (χ1) is 13.0. The van der Waals surface area contributed by atoms with Crippen molar-refractivity contribution >= 4 is 29.2 Å². The van der Waals surface area contributed by atoms with Gasteiger partial charge < -0.3 is 10.1 Å². The monoisotopic (exact) mass is 384 g/mol. The average Bonchev–Trinajstić information content (AvgIpc) is 2.68. The lowest BCUT2D eigenvalue weighted by Gasteiger charge is -2.18. The zero-order chi connectivity index (χ0) is 19.2. The molecule has 1 aromatic heterocycles. The minimum Gasteiger partial charge on any atom is -0.444 e. The van der Waals surface area contributed by atoms with Gasteiger partial charge in [-0.1, -0.05) is 41.9 Å². The maximum absolute atomic E-state index is 13.0. The summed E-state index contributed by atoms with van der Waals surface area (Å²) in [6.07, 6.45) is 0.217. The van der Waals surface area contributed by atoms with Crippen LogP contribution in [0.2, 0.25) is 5.15 Å². The summed E-state index contributed by atoms with van der Waals surface area (Å²) in [5.74, 6) is -1.79. The number of hydrogen-bond acceptors (Lipinski definition) is 4. The van der Waals surface area contributed by atoms with Gasteiger partial charge in [-0.3, -0.25) is 4.79 Å². The fourth-order valence-electron chi connectivity index (χ4n) is 2.35. The number of carbonyl (C=O) groups excluding carboxylic acids is 2. The smallest absolute Gasteiger partial charge is 0.342 e. The Morgan fingerprint density at radius 1 is 1.00 bits per heavy atom. The van der Waals surface area contributed by atoms with Crippen LogP contribution in [0.1, 0.15) is 22.0 Å². The van der Waals surface area contributed by atoms with Crippen LogP contribution in [-0.2, 0) is 9.53 Å². The zero-order valence-corrected chi connectivity index (χ0v) is 14.7. The highest BCUT2D eigenvalue weighted by Crippen LogP contribution is 2.23. The minimum absolute atomic E-state index is 0.0201. The van der Waals surface area contributed by atoms with E-state index in [-0.39, 0.29) is 10.7 Å². The predicted molar refractivity (Wildman–Crippen MR) is 98.9 cm³/mol. The van der Waals surface area contributed by atoms with Crippen molar-refractivity contribution in [3.05, 3.63) is 95.0 Å². The van der Waals surface area contributed by atoms with Crippen molar-refractivity contribution < 1.29 is 18.7 Å². The predicted octanol–water partition coefficient (Wildman–Crippen LogP) is 4.41. The number of esters is 1. The van der Waals surface area contributed by atoms with Crippen molar-refractivity contribution in [3.8, 4) is 0 Å². The summed E-state index contributed by atoms with van der Waals surface area (Å²) in [6.45, 7) is 0. The van der Waals surface area contributed by atoms with Crippen molar-refractivity contribution in [3.63, 3.8) is 0 Å². The van der Waals surface area contributed by atoms with Gasteiger partial charge in [0.05, 0.1) is 5.56 Å². The van der Waals surface area contributed by atoms with Crippen LogP contribution in [0.5, 0.6) is 0 Å². The minimum atomic E-state index is -1.22. The van der Waals surface area contributed by atoms with Crippen molar-refractivity contribution in [1.82, 2.24) is 4.98 Å². The number of rotatable bonds is 5. The molecule has 0 bridgehead atoms. The van der Waals surface area contributed by atoms with Crippen molar-refractivity contribution in [1.29, 1.82) is 0 Å². The third kappa shape index (κ3) is 4.68. The molecule has 0 saturated heterocycles. The van der Waals surface area contributed by atoms with E-state index in [1.54, 1.807) is 36.4 Å². The average molecular weight is 385 g/mol. The number of halogens is 2. The summed E-state index contributed by atoms with van der Waals surface area (Å²) in [5.41, 5.74) is 0.901. The van der Waals surface area contributed by atoms with Gasteiger partial charge in [0.1, 0.15) is 11.0 Å². The van der Waals surface area contributed by atoms with Crippen LogP contribution >= 0.6 is 11.6 Å². The molecule has 0 spiro atoms. The molecule has 0 radical (unpaired) electrons. The number of amides is 1. The van der Waals surface area contributed by atoms with E-state index in [2.05, 4.69) is 10.3 Å². The number of aromatic nitrogens is 1. The first kappa shape index (κ1) is 18.5. The summed E-state index contributed by atoms with van der Waals surface area (Å²) in [5, 5.41) is 2.59. The Hall–Kier alpha value is -3.25. The maximum Gasteiger partial charge on any atom is 0.342 e. The molecule has 0 fully saturated rings. The maximum atomic E-state index is 13.0. The molecule has 3 aromatic rings. The number of benzene rings is 2. The van der Waals surface area contributed by atoms with Crippen LogP contribution in [0.3, 0.4) is 0 Å². The lowest BCUT2D eigenvalue weighted by molar-refractivity contribution is -0.125. The first-order valence-corrected chi connectivity index (χ1v) is 8.35. The van der Waals surface area contributed by atoms with Gasteiger partial charge >= 0.3 is 5.97 Å². The molecule has 1 amide bonds. The second kappa shape index (κ2) is 8.42. The van der Waals surface area contributed by atoms with Gasteiger partial charge in [-0.05, 0) is 36.4 Å². The van der Waals surface area contributed by atoms with Gasteiger partial charge in [-0.15, -0.1) is 0 Å². The number of carbonyl (C=O) groups is 2. The van der Waals surface area contributed by atoms with E-state index in [4.69, 9.17) is 16.3 Å². The number of hydrogen-bond donors (Lipinski definition) is 1. The Kier molecular flexibility index (Phi) is 5.78. The molecule has 1 heterocycles. The van der Waals surface area contributed by atoms with E-state index >= 15 is 0 Å². The Labute approximate surface area is 159 Å². The van der Waals surface area contributed by atoms with Crippen LogP contribution in [0.25, 0.3) is 0 Å². The van der Waals surface area contributed by atoms with Crippen LogP contribution in [-0.4, -0.2) is 16.9 Å². The Morgan fingerprint density at radius 3 is 2.37 bits per heavy atom. The van der Waals surface area contributed by atoms with Crippen LogP contribution in [0.15, 0.2) is 72.9 Å². The van der Waals surface area contributed by atoms with Crippen LogP contribution in [0.4, 0.5) is 10.1 Å². The summed E-state index contributed by atoms with van der Waals surface area (Å²) in [4.78, 5) is 29.0. The van der Waals surface area contributed by atoms with Crippen molar-refractivity contribution in [2.45, 2.75) is 6.10 Å². The fourth-order valence-corrected chi connectivity index (χ4v) is 2.55. The zero-order valence-electron chi connectivity index (χ0n) is 13.9. The molecule has 2 aromatic carbocycles. The van der Waals surface area contributed by atoms with E-state index in [1.807, 2.05) is 0 Å². The van der Waals surface area contributed by atoms with E-state index in [9.17, 15) is 14.0 Å². The van der Waals surface area contributed by atoms with E-state index in [1.165, 1.54) is 36.5 Å². The summed E-state index contributed by atoms with van der Waals surface area (Å²) < 4.78 is 18.5. The number of anilines is 1. The van der Waals surface area contributed by atoms with Gasteiger partial charge in [0.2, 0.25) is 6.10 Å². The topological polar surface area (TPSA) is 68.3 Å². The molecular weight excluding hydrogens is 371 g/mol. The molecule has 3 rings (SSSR count). The quantitative estimate of drug-likeness (QED) is 0.522. The molecule has 0 aliphatic rings. The van der Waals surface area contributed by atoms with Crippen molar-refractivity contribution in [2.75, 3.05) is 5.32 Å². The second-order valence-electron chi connectivity index (χ2n) is 5.53. The largest absolute Gasteiger partial charge is 0.444 e. The van der Waals surface area contributed by atoms with Gasteiger partial charge in [0.25, 0.3) is 5.91 Å². The third-order valence-corrected chi connectivity index (χ3v) is 3.96. The van der Waals surface area contributed by atoms with Crippen LogP contribution in [0, 0.1) is 5.82 Å². The number of ether oxygens (including phenoxy) is 1. The molecule has 5 nitrogen and oxygen atoms in total. The highest BCUT2D eigenvalue weighted by atomic mass is 35.5. The Balaban J connectivity index is 1.85. The molecule has 1 atom stereocenters. The Morgan fingerprint density at radius 2 is 1.70 bits per heavy atom. The molecule has 7 heteroatoms. The second-order valence-corrected chi connectivity index (χ2v) is 5.89. The molecule has 27 heavy (non-hydrogen) atoms. The van der Waals surface area contributed by atoms with Gasteiger partial charge in [0.15, 0.2) is 0 Å². The van der Waals surface area contributed by atoms with Gasteiger partial charge in [-0.2, -0.15) is 0 Å². The van der Waals surface area contributed by atoms with Crippen LogP contribution < -0.4 is 5.32 Å². The molecule has 0 unspecified atom stereocenters. The highest BCUT2D eigenvalue weighted by molar-refractivity contribution is 6.32. The van der Waals surface area contributed by atoms with E-state index < -0.39 is 23.8 Å². The molecular formula is C20H14ClFN2O3. The first-order valence-electron chi connectivity index (χ1n) is 7.97. The van der Waals surface area contributed by atoms with E-state index in [0.29, 0.717) is 11.3 Å². The molecule has 0 aliphatic carbocycles. The fraction of sp³-hybridized carbons (Fsp3) is 0.0500. The normalized spacial score (nSPS) is 11.5. The molecule has 1 N–H and O–H groups in total. The SMILES string of the molecule is O=C(O[C@H](C(=O)Nc1ccc(F)cc1)c1ccccc1)c1cccnc1Cl. The number of nitrogens with zero attached hydrogens (tertiary/aromatic N) is 1. The molecule has 0 aliphatic heterocycles. The van der Waals surface area contributed by atoms with Gasteiger partial charge in [0, 0.05) is 17.4 Å². The number of pyridine rings is 1. The van der Waals surface area contributed by atoms with Crippen molar-refractivity contribution in [2.24, 2.45) is 0 Å². The third-order valence-electron chi connectivity index (χ3n) is 3.66.